The first-order valence-corrected chi connectivity index (χ1v) is 7.24. The van der Waals surface area contributed by atoms with Gasteiger partial charge in [0.15, 0.2) is 0 Å². The van der Waals surface area contributed by atoms with Gasteiger partial charge in [0.05, 0.1) is 23.6 Å². The van der Waals surface area contributed by atoms with Gasteiger partial charge in [-0.3, -0.25) is 4.31 Å². The van der Waals surface area contributed by atoms with Crippen LogP contribution in [-0.4, -0.2) is 25.4 Å². The third-order valence-corrected chi connectivity index (χ3v) is 4.54. The molecular formula is C12H9ClN4O2S. The minimum atomic E-state index is -3.84. The summed E-state index contributed by atoms with van der Waals surface area (Å²) >= 11 is 5.53. The topological polar surface area (TPSA) is 87.0 Å². The molecule has 1 heterocycles. The summed E-state index contributed by atoms with van der Waals surface area (Å²) in [7, 11) is -2.48. The number of hydrogen-bond acceptors (Lipinski definition) is 5. The van der Waals surface area contributed by atoms with E-state index in [2.05, 4.69) is 9.97 Å². The standard InChI is InChI=1S/C12H9ClN4O2S/c1-17(11-5-3-2-4-9(11)6-14)20(18,19)10-7-15-12(13)16-8-10/h2-5,7-8H,1H3. The number of sulfonamides is 1. The molecule has 0 saturated carbocycles. The minimum absolute atomic E-state index is 0.0379. The molecule has 0 fully saturated rings. The van der Waals surface area contributed by atoms with Gasteiger partial charge in [0, 0.05) is 7.05 Å². The highest BCUT2D eigenvalue weighted by molar-refractivity contribution is 7.92. The average molecular weight is 309 g/mol. The van der Waals surface area contributed by atoms with Crippen molar-refractivity contribution in [2.75, 3.05) is 11.4 Å². The number of anilines is 1. The zero-order chi connectivity index (χ0) is 14.8. The molecular weight excluding hydrogens is 300 g/mol. The quantitative estimate of drug-likeness (QED) is 0.807. The third kappa shape index (κ3) is 2.57. The van der Waals surface area contributed by atoms with Crippen molar-refractivity contribution < 1.29 is 8.42 Å². The Morgan fingerprint density at radius 1 is 1.25 bits per heavy atom. The van der Waals surface area contributed by atoms with E-state index in [1.165, 1.54) is 7.05 Å². The first kappa shape index (κ1) is 14.2. The maximum absolute atomic E-state index is 12.4. The lowest BCUT2D eigenvalue weighted by Crippen LogP contribution is -2.27. The molecule has 8 heteroatoms. The van der Waals surface area contributed by atoms with Crippen molar-refractivity contribution in [1.29, 1.82) is 5.26 Å². The van der Waals surface area contributed by atoms with Gasteiger partial charge in [-0.05, 0) is 23.7 Å². The van der Waals surface area contributed by atoms with Crippen molar-refractivity contribution in [3.05, 3.63) is 47.5 Å². The average Bonchev–Trinajstić information content (AvgIpc) is 2.46. The summed E-state index contributed by atoms with van der Waals surface area (Å²) in [5, 5.41) is 8.99. The molecule has 0 amide bonds. The maximum atomic E-state index is 12.4. The Labute approximate surface area is 121 Å². The number of aromatic nitrogens is 2. The Morgan fingerprint density at radius 2 is 1.85 bits per heavy atom. The van der Waals surface area contributed by atoms with Crippen molar-refractivity contribution in [3.63, 3.8) is 0 Å². The van der Waals surface area contributed by atoms with Crippen molar-refractivity contribution in [2.45, 2.75) is 4.90 Å². The molecule has 0 bridgehead atoms. The molecule has 0 aliphatic heterocycles. The van der Waals surface area contributed by atoms with Gasteiger partial charge < -0.3 is 0 Å². The van der Waals surface area contributed by atoms with E-state index in [9.17, 15) is 8.42 Å². The fourth-order valence-electron chi connectivity index (χ4n) is 1.56. The number of halogens is 1. The summed E-state index contributed by atoms with van der Waals surface area (Å²) in [5.74, 6) is 0. The molecule has 0 unspecified atom stereocenters. The number of benzene rings is 1. The van der Waals surface area contributed by atoms with Crippen LogP contribution in [0.15, 0.2) is 41.6 Å². The molecule has 102 valence electrons. The van der Waals surface area contributed by atoms with Gasteiger partial charge >= 0.3 is 0 Å². The maximum Gasteiger partial charge on any atom is 0.267 e. The predicted octanol–water partition coefficient (Wildman–Crippen LogP) is 1.83. The molecule has 0 radical (unpaired) electrons. The molecule has 20 heavy (non-hydrogen) atoms. The Hall–Kier alpha value is -2.17. The van der Waals surface area contributed by atoms with Crippen LogP contribution in [0.3, 0.4) is 0 Å². The van der Waals surface area contributed by atoms with Crippen LogP contribution in [0.4, 0.5) is 5.69 Å². The lowest BCUT2D eigenvalue weighted by molar-refractivity contribution is 0.593. The zero-order valence-electron chi connectivity index (χ0n) is 10.4. The van der Waals surface area contributed by atoms with Gasteiger partial charge in [0.2, 0.25) is 5.28 Å². The molecule has 0 aliphatic rings. The molecule has 1 aromatic carbocycles. The smallest absolute Gasteiger partial charge is 0.267 e. The molecule has 0 spiro atoms. The molecule has 0 aliphatic carbocycles. The Morgan fingerprint density at radius 3 is 2.45 bits per heavy atom. The van der Waals surface area contributed by atoms with Crippen LogP contribution in [0.5, 0.6) is 0 Å². The lowest BCUT2D eigenvalue weighted by Gasteiger charge is -2.20. The second kappa shape index (κ2) is 5.45. The zero-order valence-corrected chi connectivity index (χ0v) is 11.9. The lowest BCUT2D eigenvalue weighted by atomic mass is 10.2. The summed E-state index contributed by atoms with van der Waals surface area (Å²) in [6, 6.07) is 8.35. The highest BCUT2D eigenvalue weighted by atomic mass is 35.5. The molecule has 0 N–H and O–H groups in total. The summed E-state index contributed by atoms with van der Waals surface area (Å²) < 4.78 is 25.8. The highest BCUT2D eigenvalue weighted by Crippen LogP contribution is 2.24. The summed E-state index contributed by atoms with van der Waals surface area (Å²) in [6.45, 7) is 0. The largest absolute Gasteiger partial charge is 0.268 e. The molecule has 2 rings (SSSR count). The Kier molecular flexibility index (Phi) is 3.88. The van der Waals surface area contributed by atoms with Gasteiger partial charge in [-0.2, -0.15) is 5.26 Å². The number of rotatable bonds is 3. The monoisotopic (exact) mass is 308 g/mol. The first-order chi connectivity index (χ1) is 9.46. The minimum Gasteiger partial charge on any atom is -0.268 e. The second-order valence-electron chi connectivity index (χ2n) is 3.79. The summed E-state index contributed by atoms with van der Waals surface area (Å²) in [6.07, 6.45) is 2.24. The van der Waals surface area contributed by atoms with Gasteiger partial charge in [-0.25, -0.2) is 18.4 Å². The summed E-state index contributed by atoms with van der Waals surface area (Å²) in [4.78, 5) is 7.20. The van der Waals surface area contributed by atoms with E-state index in [1.54, 1.807) is 24.3 Å². The van der Waals surface area contributed by atoms with Crippen molar-refractivity contribution >= 4 is 27.3 Å². The van der Waals surface area contributed by atoms with Gasteiger partial charge in [-0.1, -0.05) is 12.1 Å². The van der Waals surface area contributed by atoms with Crippen LogP contribution in [0.25, 0.3) is 0 Å². The van der Waals surface area contributed by atoms with Crippen LogP contribution in [0.2, 0.25) is 5.28 Å². The van der Waals surface area contributed by atoms with E-state index < -0.39 is 10.0 Å². The summed E-state index contributed by atoms with van der Waals surface area (Å²) in [5.41, 5.74) is 0.540. The van der Waals surface area contributed by atoms with E-state index >= 15 is 0 Å². The van der Waals surface area contributed by atoms with Crippen molar-refractivity contribution in [3.8, 4) is 6.07 Å². The van der Waals surface area contributed by atoms with E-state index in [0.717, 1.165) is 16.7 Å². The fraction of sp³-hybridized carbons (Fsp3) is 0.0833. The third-order valence-electron chi connectivity index (χ3n) is 2.62. The first-order valence-electron chi connectivity index (χ1n) is 5.42. The molecule has 6 nitrogen and oxygen atoms in total. The van der Waals surface area contributed by atoms with E-state index in [-0.39, 0.29) is 21.4 Å². The van der Waals surface area contributed by atoms with Gasteiger partial charge in [0.25, 0.3) is 10.0 Å². The molecule has 0 saturated heterocycles. The van der Waals surface area contributed by atoms with Crippen LogP contribution < -0.4 is 4.31 Å². The number of hydrogen-bond donors (Lipinski definition) is 0. The Balaban J connectivity index is 2.49. The van der Waals surface area contributed by atoms with Gasteiger partial charge in [0.1, 0.15) is 11.0 Å². The normalized spacial score (nSPS) is 10.8. The van der Waals surface area contributed by atoms with E-state index in [0.29, 0.717) is 0 Å². The van der Waals surface area contributed by atoms with E-state index in [1.807, 2.05) is 6.07 Å². The van der Waals surface area contributed by atoms with Gasteiger partial charge in [-0.15, -0.1) is 0 Å². The highest BCUT2D eigenvalue weighted by Gasteiger charge is 2.23. The number of nitrogens with zero attached hydrogens (tertiary/aromatic N) is 4. The number of nitriles is 1. The van der Waals surface area contributed by atoms with E-state index in [4.69, 9.17) is 16.9 Å². The predicted molar refractivity (Wildman–Crippen MR) is 73.8 cm³/mol. The SMILES string of the molecule is CN(c1ccccc1C#N)S(=O)(=O)c1cnc(Cl)nc1. The number of para-hydroxylation sites is 1. The van der Waals surface area contributed by atoms with Crippen LogP contribution in [-0.2, 0) is 10.0 Å². The van der Waals surface area contributed by atoms with Crippen LogP contribution >= 0.6 is 11.6 Å². The van der Waals surface area contributed by atoms with Crippen molar-refractivity contribution in [1.82, 2.24) is 9.97 Å². The van der Waals surface area contributed by atoms with Crippen LogP contribution in [0.1, 0.15) is 5.56 Å². The Bertz CT molecular complexity index is 769. The van der Waals surface area contributed by atoms with Crippen molar-refractivity contribution in [2.24, 2.45) is 0 Å². The van der Waals surface area contributed by atoms with Crippen LogP contribution in [0, 0.1) is 11.3 Å². The molecule has 2 aromatic rings. The molecule has 0 atom stereocenters. The second-order valence-corrected chi connectivity index (χ2v) is 6.10. The molecule has 1 aromatic heterocycles. The fourth-order valence-corrected chi connectivity index (χ4v) is 2.77.